The van der Waals surface area contributed by atoms with Crippen LogP contribution in [0.2, 0.25) is 0 Å². The van der Waals surface area contributed by atoms with Crippen molar-refractivity contribution < 1.29 is 0 Å². The number of alkyl halides is 3. The highest BCUT2D eigenvalue weighted by Crippen LogP contribution is 2.03. The van der Waals surface area contributed by atoms with Gasteiger partial charge < -0.3 is 0 Å². The summed E-state index contributed by atoms with van der Waals surface area (Å²) in [5.74, 6) is 0. The molecule has 0 heterocycles. The highest BCUT2D eigenvalue weighted by molar-refractivity contribution is 6.63. The predicted molar refractivity (Wildman–Crippen MR) is 57.1 cm³/mol. The summed E-state index contributed by atoms with van der Waals surface area (Å²) in [4.78, 5) is 0. The highest BCUT2D eigenvalue weighted by atomic mass is 35.6. The van der Waals surface area contributed by atoms with Crippen molar-refractivity contribution in [1.29, 1.82) is 5.26 Å². The minimum Gasteiger partial charge on any atom is -0.198 e. The van der Waals surface area contributed by atoms with Gasteiger partial charge in [0.25, 0.3) is 0 Å². The largest absolute Gasteiger partial charge is 0.198 e. The fraction of sp³-hybridized carbons (Fsp3) is 0.222. The van der Waals surface area contributed by atoms with Crippen molar-refractivity contribution in [2.24, 2.45) is 0 Å². The zero-order valence-corrected chi connectivity index (χ0v) is 9.02. The molecule has 1 aromatic rings. The molecule has 0 saturated heterocycles. The molecule has 0 radical (unpaired) electrons. The first-order chi connectivity index (χ1) is 6.16. The van der Waals surface area contributed by atoms with Gasteiger partial charge >= 0.3 is 0 Å². The van der Waals surface area contributed by atoms with E-state index in [4.69, 9.17) is 40.1 Å². The van der Waals surface area contributed by atoms with Crippen LogP contribution in [0, 0.1) is 11.3 Å². The van der Waals surface area contributed by atoms with Gasteiger partial charge in [-0.3, -0.25) is 0 Å². The van der Waals surface area contributed by atoms with E-state index < -0.39 is 4.30 Å². The number of nitrogens with zero attached hydrogens (tertiary/aromatic N) is 1. The maximum absolute atomic E-state index is 8.27. The molecule has 13 heavy (non-hydrogen) atoms. The van der Waals surface area contributed by atoms with Gasteiger partial charge in [0.15, 0.2) is 4.30 Å². The standard InChI is InChI=1S/C8H7N.CHCl3/c9-7-6-8-4-2-1-3-5-8;2-1(3)4/h1-5H,6H2;1H. The molecule has 0 amide bonds. The smallest absolute Gasteiger partial charge is 0.180 e. The number of halogens is 3. The van der Waals surface area contributed by atoms with Crippen molar-refractivity contribution in [3.8, 4) is 6.07 Å². The quantitative estimate of drug-likeness (QED) is 0.682. The maximum atomic E-state index is 8.27. The molecule has 0 unspecified atom stereocenters. The zero-order chi connectivity index (χ0) is 10.1. The highest BCUT2D eigenvalue weighted by Gasteiger charge is 1.84. The Bertz CT molecular complexity index is 251. The van der Waals surface area contributed by atoms with E-state index in [-0.39, 0.29) is 0 Å². The number of hydrogen-bond acceptors (Lipinski definition) is 1. The second-order valence-corrected chi connectivity index (χ2v) is 4.05. The number of rotatable bonds is 1. The molecular weight excluding hydrogens is 228 g/mol. The Morgan fingerprint density at radius 1 is 1.15 bits per heavy atom. The Balaban J connectivity index is 0.000000310. The molecule has 1 rings (SSSR count). The van der Waals surface area contributed by atoms with Gasteiger partial charge in [0.05, 0.1) is 12.5 Å². The lowest BCUT2D eigenvalue weighted by Crippen LogP contribution is -1.76. The maximum Gasteiger partial charge on any atom is 0.180 e. The van der Waals surface area contributed by atoms with Crippen LogP contribution in [-0.4, -0.2) is 4.30 Å². The van der Waals surface area contributed by atoms with Gasteiger partial charge in [0.2, 0.25) is 0 Å². The third-order valence-electron chi connectivity index (χ3n) is 1.13. The van der Waals surface area contributed by atoms with Gasteiger partial charge in [-0.25, -0.2) is 0 Å². The minimum absolute atomic E-state index is 0.515. The first kappa shape index (κ1) is 12.6. The average molecular weight is 237 g/mol. The molecule has 0 aliphatic carbocycles. The van der Waals surface area contributed by atoms with Gasteiger partial charge in [0.1, 0.15) is 0 Å². The molecule has 1 nitrogen and oxygen atoms in total. The summed E-state index contributed by atoms with van der Waals surface area (Å²) >= 11 is 14.4. The average Bonchev–Trinajstić information content (AvgIpc) is 2.06. The number of benzene rings is 1. The Labute approximate surface area is 92.8 Å². The second-order valence-electron chi connectivity index (χ2n) is 2.07. The van der Waals surface area contributed by atoms with Gasteiger partial charge in [-0.1, -0.05) is 65.1 Å². The third-order valence-corrected chi connectivity index (χ3v) is 1.13. The molecule has 4 heteroatoms. The van der Waals surface area contributed by atoms with Crippen LogP contribution in [0.1, 0.15) is 5.56 Å². The van der Waals surface area contributed by atoms with Crippen molar-refractivity contribution in [3.63, 3.8) is 0 Å². The Kier molecular flexibility index (Phi) is 7.93. The van der Waals surface area contributed by atoms with Crippen LogP contribution < -0.4 is 0 Å². The fourth-order valence-corrected chi connectivity index (χ4v) is 0.687. The van der Waals surface area contributed by atoms with Crippen LogP contribution in [0.15, 0.2) is 30.3 Å². The van der Waals surface area contributed by atoms with Crippen LogP contribution in [-0.2, 0) is 6.42 Å². The monoisotopic (exact) mass is 235 g/mol. The molecule has 0 fully saturated rings. The van der Waals surface area contributed by atoms with Crippen LogP contribution in [0.3, 0.4) is 0 Å². The molecule has 0 atom stereocenters. The third kappa shape index (κ3) is 9.49. The predicted octanol–water partition coefficient (Wildman–Crippen LogP) is 3.74. The number of nitriles is 1. The lowest BCUT2D eigenvalue weighted by atomic mass is 10.2. The van der Waals surface area contributed by atoms with Crippen LogP contribution >= 0.6 is 34.8 Å². The Morgan fingerprint density at radius 3 is 2.00 bits per heavy atom. The van der Waals surface area contributed by atoms with E-state index in [0.29, 0.717) is 6.42 Å². The molecule has 0 bridgehead atoms. The lowest BCUT2D eigenvalue weighted by molar-refractivity contribution is 1.26. The molecule has 0 aliphatic rings. The molecule has 1 aromatic carbocycles. The summed E-state index contributed by atoms with van der Waals surface area (Å²) in [6, 6.07) is 11.8. The van der Waals surface area contributed by atoms with E-state index in [0.717, 1.165) is 5.56 Å². The summed E-state index contributed by atoms with van der Waals surface area (Å²) in [5, 5.41) is 8.27. The van der Waals surface area contributed by atoms with Crippen molar-refractivity contribution >= 4 is 34.8 Å². The van der Waals surface area contributed by atoms with E-state index in [2.05, 4.69) is 6.07 Å². The van der Waals surface area contributed by atoms with Gasteiger partial charge in [0, 0.05) is 0 Å². The molecular formula is C9H8Cl3N. The zero-order valence-electron chi connectivity index (χ0n) is 6.75. The van der Waals surface area contributed by atoms with Gasteiger partial charge in [-0.05, 0) is 5.56 Å². The van der Waals surface area contributed by atoms with Crippen LogP contribution in [0.4, 0.5) is 0 Å². The normalized spacial score (nSPS) is 8.54. The molecule has 0 saturated carbocycles. The summed E-state index contributed by atoms with van der Waals surface area (Å²) in [6.45, 7) is 0. The topological polar surface area (TPSA) is 23.8 Å². The molecule has 70 valence electrons. The van der Waals surface area contributed by atoms with Crippen LogP contribution in [0.5, 0.6) is 0 Å². The SMILES string of the molecule is ClC(Cl)Cl.N#CCc1ccccc1. The second kappa shape index (κ2) is 8.19. The summed E-state index contributed by atoms with van der Waals surface area (Å²) in [6.07, 6.45) is 0.515. The molecule has 0 spiro atoms. The van der Waals surface area contributed by atoms with E-state index in [1.165, 1.54) is 0 Å². The minimum atomic E-state index is -0.750. The van der Waals surface area contributed by atoms with Crippen molar-refractivity contribution in [2.75, 3.05) is 0 Å². The molecule has 0 N–H and O–H groups in total. The van der Waals surface area contributed by atoms with E-state index in [1.54, 1.807) is 0 Å². The van der Waals surface area contributed by atoms with Gasteiger partial charge in [-0.15, -0.1) is 0 Å². The first-order valence-electron chi connectivity index (χ1n) is 3.50. The molecule has 0 aromatic heterocycles. The van der Waals surface area contributed by atoms with Crippen molar-refractivity contribution in [3.05, 3.63) is 35.9 Å². The number of hydrogen-bond donors (Lipinski definition) is 0. The lowest BCUT2D eigenvalue weighted by Gasteiger charge is -1.88. The van der Waals surface area contributed by atoms with E-state index in [1.807, 2.05) is 30.3 Å². The van der Waals surface area contributed by atoms with Gasteiger partial charge in [-0.2, -0.15) is 5.26 Å². The summed E-state index contributed by atoms with van der Waals surface area (Å²) < 4.78 is -0.750. The Morgan fingerprint density at radius 2 is 1.62 bits per heavy atom. The molecule has 0 aliphatic heterocycles. The van der Waals surface area contributed by atoms with Crippen molar-refractivity contribution in [1.82, 2.24) is 0 Å². The van der Waals surface area contributed by atoms with Crippen molar-refractivity contribution in [2.45, 2.75) is 10.7 Å². The van der Waals surface area contributed by atoms with E-state index >= 15 is 0 Å². The summed E-state index contributed by atoms with van der Waals surface area (Å²) in [5.41, 5.74) is 1.08. The first-order valence-corrected chi connectivity index (χ1v) is 4.81. The fourth-order valence-electron chi connectivity index (χ4n) is 0.687. The Hall–Kier alpha value is -0.420. The van der Waals surface area contributed by atoms with E-state index in [9.17, 15) is 0 Å². The summed E-state index contributed by atoms with van der Waals surface area (Å²) in [7, 11) is 0. The van der Waals surface area contributed by atoms with Crippen LogP contribution in [0.25, 0.3) is 0 Å².